The predicted octanol–water partition coefficient (Wildman–Crippen LogP) is 2.30. The van der Waals surface area contributed by atoms with E-state index >= 15 is 0 Å². The van der Waals surface area contributed by atoms with E-state index in [4.69, 9.17) is 0 Å². The normalized spacial score (nSPS) is 10.3. The van der Waals surface area contributed by atoms with Gasteiger partial charge in [0.1, 0.15) is 0 Å². The summed E-state index contributed by atoms with van der Waals surface area (Å²) in [5, 5.41) is 4.14. The van der Waals surface area contributed by atoms with Gasteiger partial charge in [0.05, 0.1) is 17.4 Å². The molecular weight excluding hydrogens is 188 g/mol. The van der Waals surface area contributed by atoms with Gasteiger partial charge in [0.2, 0.25) is 0 Å². The number of rotatable bonds is 2. The lowest BCUT2D eigenvalue weighted by Gasteiger charge is -2.06. The molecule has 0 aliphatic rings. The molecule has 1 heterocycles. The van der Waals surface area contributed by atoms with E-state index in [2.05, 4.69) is 17.2 Å². The van der Waals surface area contributed by atoms with Gasteiger partial charge in [-0.3, -0.25) is 4.79 Å². The lowest BCUT2D eigenvalue weighted by atomic mass is 10.1. The molecule has 0 radical (unpaired) electrons. The Morgan fingerprint density at radius 1 is 1.33 bits per heavy atom. The van der Waals surface area contributed by atoms with Crippen molar-refractivity contribution in [3.05, 3.63) is 47.3 Å². The number of hydrogen-bond acceptors (Lipinski definition) is 2. The standard InChI is InChI=1S/C12H12N2O/c1-9-3-4-10(2)12(5-9)14-7-11(8-15)6-13-14/h3-8H,1-2H3. The minimum absolute atomic E-state index is 0.593. The van der Waals surface area contributed by atoms with Gasteiger partial charge >= 0.3 is 0 Å². The Hall–Kier alpha value is -1.90. The van der Waals surface area contributed by atoms with Crippen LogP contribution in [0.2, 0.25) is 0 Å². The van der Waals surface area contributed by atoms with Gasteiger partial charge in [-0.05, 0) is 31.0 Å². The summed E-state index contributed by atoms with van der Waals surface area (Å²) < 4.78 is 1.73. The van der Waals surface area contributed by atoms with E-state index in [1.165, 1.54) is 5.56 Å². The number of hydrogen-bond donors (Lipinski definition) is 0. The minimum atomic E-state index is 0.593. The van der Waals surface area contributed by atoms with Crippen LogP contribution in [0.25, 0.3) is 5.69 Å². The average molecular weight is 200 g/mol. The molecule has 2 rings (SSSR count). The summed E-state index contributed by atoms with van der Waals surface area (Å²) in [6.45, 7) is 4.06. The minimum Gasteiger partial charge on any atom is -0.298 e. The van der Waals surface area contributed by atoms with Crippen molar-refractivity contribution >= 4 is 6.29 Å². The summed E-state index contributed by atoms with van der Waals surface area (Å²) in [6, 6.07) is 6.16. The van der Waals surface area contributed by atoms with Crippen LogP contribution in [0.1, 0.15) is 21.5 Å². The number of nitrogens with zero attached hydrogens (tertiary/aromatic N) is 2. The molecule has 76 valence electrons. The fourth-order valence-electron chi connectivity index (χ4n) is 1.50. The smallest absolute Gasteiger partial charge is 0.153 e. The molecule has 0 amide bonds. The van der Waals surface area contributed by atoms with Gasteiger partial charge in [0.25, 0.3) is 0 Å². The highest BCUT2D eigenvalue weighted by Crippen LogP contribution is 2.15. The van der Waals surface area contributed by atoms with E-state index in [1.807, 2.05) is 19.9 Å². The van der Waals surface area contributed by atoms with Crippen LogP contribution in [-0.4, -0.2) is 16.1 Å². The summed E-state index contributed by atoms with van der Waals surface area (Å²) >= 11 is 0. The van der Waals surface area contributed by atoms with Crippen molar-refractivity contribution < 1.29 is 4.79 Å². The second kappa shape index (κ2) is 3.69. The third kappa shape index (κ3) is 1.81. The molecule has 15 heavy (non-hydrogen) atoms. The summed E-state index contributed by atoms with van der Waals surface area (Å²) in [5.74, 6) is 0. The van der Waals surface area contributed by atoms with Gasteiger partial charge in [0, 0.05) is 6.20 Å². The quantitative estimate of drug-likeness (QED) is 0.697. The molecule has 0 saturated carbocycles. The number of benzene rings is 1. The highest BCUT2D eigenvalue weighted by atomic mass is 16.1. The highest BCUT2D eigenvalue weighted by Gasteiger charge is 2.03. The molecule has 3 nitrogen and oxygen atoms in total. The van der Waals surface area contributed by atoms with Crippen molar-refractivity contribution in [1.82, 2.24) is 9.78 Å². The maximum atomic E-state index is 10.5. The summed E-state index contributed by atoms with van der Waals surface area (Å²) in [4.78, 5) is 10.5. The van der Waals surface area contributed by atoms with E-state index in [9.17, 15) is 4.79 Å². The zero-order valence-corrected chi connectivity index (χ0v) is 8.77. The molecule has 2 aromatic rings. The van der Waals surface area contributed by atoms with Crippen molar-refractivity contribution in [2.75, 3.05) is 0 Å². The van der Waals surface area contributed by atoms with Gasteiger partial charge in [-0.25, -0.2) is 4.68 Å². The van der Waals surface area contributed by atoms with Crippen molar-refractivity contribution in [3.8, 4) is 5.69 Å². The summed E-state index contributed by atoms with van der Waals surface area (Å²) in [5.41, 5.74) is 3.93. The molecule has 3 heteroatoms. The Kier molecular flexibility index (Phi) is 2.37. The molecule has 0 saturated heterocycles. The van der Waals surface area contributed by atoms with Gasteiger partial charge in [-0.2, -0.15) is 5.10 Å². The average Bonchev–Trinajstić information content (AvgIpc) is 2.70. The lowest BCUT2D eigenvalue weighted by molar-refractivity contribution is 0.112. The Balaban J connectivity index is 2.52. The van der Waals surface area contributed by atoms with Gasteiger partial charge in [0.15, 0.2) is 6.29 Å². The molecule has 0 aliphatic carbocycles. The number of aromatic nitrogens is 2. The second-order valence-electron chi connectivity index (χ2n) is 3.63. The van der Waals surface area contributed by atoms with Crippen LogP contribution in [0.4, 0.5) is 0 Å². The molecule has 1 aromatic carbocycles. The first kappa shape index (κ1) is 9.65. The number of aryl methyl sites for hydroxylation is 2. The lowest BCUT2D eigenvalue weighted by Crippen LogP contribution is -1.97. The second-order valence-corrected chi connectivity index (χ2v) is 3.63. The Bertz CT molecular complexity index is 500. The van der Waals surface area contributed by atoms with Crippen molar-refractivity contribution in [2.24, 2.45) is 0 Å². The van der Waals surface area contributed by atoms with E-state index in [0.717, 1.165) is 17.5 Å². The molecule has 0 unspecified atom stereocenters. The van der Waals surface area contributed by atoms with E-state index in [0.29, 0.717) is 5.56 Å². The Morgan fingerprint density at radius 2 is 2.13 bits per heavy atom. The maximum Gasteiger partial charge on any atom is 0.153 e. The van der Waals surface area contributed by atoms with E-state index < -0.39 is 0 Å². The summed E-state index contributed by atoms with van der Waals surface area (Å²) in [7, 11) is 0. The molecular formula is C12H12N2O. The predicted molar refractivity (Wildman–Crippen MR) is 58.4 cm³/mol. The first-order chi connectivity index (χ1) is 7.20. The van der Waals surface area contributed by atoms with Gasteiger partial charge in [-0.1, -0.05) is 12.1 Å². The number of carbonyl (C=O) groups is 1. The zero-order chi connectivity index (χ0) is 10.8. The fourth-order valence-corrected chi connectivity index (χ4v) is 1.50. The molecule has 1 aromatic heterocycles. The van der Waals surface area contributed by atoms with Gasteiger partial charge < -0.3 is 0 Å². The van der Waals surface area contributed by atoms with Crippen LogP contribution in [-0.2, 0) is 0 Å². The zero-order valence-electron chi connectivity index (χ0n) is 8.77. The molecule has 0 bridgehead atoms. The van der Waals surface area contributed by atoms with E-state index in [-0.39, 0.29) is 0 Å². The van der Waals surface area contributed by atoms with Crippen LogP contribution in [0.5, 0.6) is 0 Å². The first-order valence-electron chi connectivity index (χ1n) is 4.78. The first-order valence-corrected chi connectivity index (χ1v) is 4.78. The van der Waals surface area contributed by atoms with Crippen LogP contribution in [0.15, 0.2) is 30.6 Å². The number of aldehydes is 1. The monoisotopic (exact) mass is 200 g/mol. The molecule has 0 spiro atoms. The largest absolute Gasteiger partial charge is 0.298 e. The van der Waals surface area contributed by atoms with Crippen molar-refractivity contribution in [1.29, 1.82) is 0 Å². The van der Waals surface area contributed by atoms with Crippen LogP contribution in [0, 0.1) is 13.8 Å². The van der Waals surface area contributed by atoms with Gasteiger partial charge in [-0.15, -0.1) is 0 Å². The summed E-state index contributed by atoms with van der Waals surface area (Å²) in [6.07, 6.45) is 4.10. The maximum absolute atomic E-state index is 10.5. The van der Waals surface area contributed by atoms with Crippen molar-refractivity contribution in [2.45, 2.75) is 13.8 Å². The topological polar surface area (TPSA) is 34.9 Å². The van der Waals surface area contributed by atoms with Crippen LogP contribution in [0.3, 0.4) is 0 Å². The third-order valence-electron chi connectivity index (χ3n) is 2.35. The van der Waals surface area contributed by atoms with Crippen LogP contribution >= 0.6 is 0 Å². The molecule has 0 fully saturated rings. The van der Waals surface area contributed by atoms with Crippen LogP contribution < -0.4 is 0 Å². The third-order valence-corrected chi connectivity index (χ3v) is 2.35. The SMILES string of the molecule is Cc1ccc(C)c(-n2cc(C=O)cn2)c1. The Morgan fingerprint density at radius 3 is 2.80 bits per heavy atom. The Labute approximate surface area is 88.4 Å². The number of carbonyl (C=O) groups excluding carboxylic acids is 1. The fraction of sp³-hybridized carbons (Fsp3) is 0.167. The van der Waals surface area contributed by atoms with E-state index in [1.54, 1.807) is 17.1 Å². The van der Waals surface area contributed by atoms with Crippen molar-refractivity contribution in [3.63, 3.8) is 0 Å². The molecule has 0 atom stereocenters. The highest BCUT2D eigenvalue weighted by molar-refractivity contribution is 5.73. The molecule has 0 aliphatic heterocycles. The molecule has 0 N–H and O–H groups in total.